The molecule has 11 heteroatoms. The SMILES string of the molecule is Cc1nn(-c2ccc(F)cc2)c2c1CC1(C(=O)O)CN(S(=O)(=O)c3cnn(C)c3)CCC1=C2. The number of carboxylic acid groups (broad SMARTS) is 1. The van der Waals surface area contributed by atoms with Gasteiger partial charge in [-0.05, 0) is 55.7 Å². The smallest absolute Gasteiger partial charge is 0.315 e. The fourth-order valence-electron chi connectivity index (χ4n) is 4.70. The summed E-state index contributed by atoms with van der Waals surface area (Å²) in [7, 11) is -2.27. The van der Waals surface area contributed by atoms with Crippen LogP contribution in [0.3, 0.4) is 0 Å². The van der Waals surface area contributed by atoms with Gasteiger partial charge >= 0.3 is 5.97 Å². The molecule has 1 aliphatic heterocycles. The van der Waals surface area contributed by atoms with Crippen molar-refractivity contribution in [3.05, 3.63) is 65.0 Å². The van der Waals surface area contributed by atoms with Gasteiger partial charge in [-0.1, -0.05) is 0 Å². The first-order valence-corrected chi connectivity index (χ1v) is 11.8. The molecule has 0 amide bonds. The van der Waals surface area contributed by atoms with Gasteiger partial charge in [-0.2, -0.15) is 14.5 Å². The predicted octanol–water partition coefficient (Wildman–Crippen LogP) is 2.16. The Morgan fingerprint density at radius 3 is 2.61 bits per heavy atom. The monoisotopic (exact) mass is 471 g/mol. The number of sulfonamides is 1. The number of aliphatic carboxylic acids is 1. The molecular weight excluding hydrogens is 449 g/mol. The Hall–Kier alpha value is -3.31. The van der Waals surface area contributed by atoms with E-state index in [-0.39, 0.29) is 36.6 Å². The zero-order valence-corrected chi connectivity index (χ0v) is 18.9. The van der Waals surface area contributed by atoms with Crippen LogP contribution in [0.5, 0.6) is 0 Å². The van der Waals surface area contributed by atoms with Crippen molar-refractivity contribution < 1.29 is 22.7 Å². The lowest BCUT2D eigenvalue weighted by Gasteiger charge is -2.43. The normalized spacial score (nSPS) is 20.8. The molecule has 1 saturated heterocycles. The molecule has 0 saturated carbocycles. The second kappa shape index (κ2) is 7.35. The molecule has 0 bridgehead atoms. The van der Waals surface area contributed by atoms with Crippen LogP contribution in [-0.4, -0.2) is 56.4 Å². The summed E-state index contributed by atoms with van der Waals surface area (Å²) in [5.74, 6) is -1.43. The molecule has 172 valence electrons. The lowest BCUT2D eigenvalue weighted by atomic mass is 9.68. The quantitative estimate of drug-likeness (QED) is 0.624. The van der Waals surface area contributed by atoms with E-state index in [1.165, 1.54) is 33.5 Å². The molecule has 5 rings (SSSR count). The molecule has 33 heavy (non-hydrogen) atoms. The highest BCUT2D eigenvalue weighted by atomic mass is 32.2. The van der Waals surface area contributed by atoms with E-state index < -0.39 is 21.4 Å². The number of carbonyl (C=O) groups is 1. The first-order chi connectivity index (χ1) is 15.6. The minimum atomic E-state index is -3.89. The molecule has 1 aromatic carbocycles. The molecule has 3 heterocycles. The third kappa shape index (κ3) is 3.30. The van der Waals surface area contributed by atoms with Crippen LogP contribution in [0.4, 0.5) is 4.39 Å². The highest BCUT2D eigenvalue weighted by Gasteiger charge is 2.51. The molecule has 1 atom stereocenters. The summed E-state index contributed by atoms with van der Waals surface area (Å²) in [6, 6.07) is 5.92. The Kier molecular flexibility index (Phi) is 4.80. The van der Waals surface area contributed by atoms with E-state index in [9.17, 15) is 22.7 Å². The molecule has 9 nitrogen and oxygen atoms in total. The number of rotatable bonds is 4. The highest BCUT2D eigenvalue weighted by Crippen LogP contribution is 2.46. The topological polar surface area (TPSA) is 110 Å². The van der Waals surface area contributed by atoms with E-state index in [4.69, 9.17) is 0 Å². The molecule has 3 aromatic rings. The van der Waals surface area contributed by atoms with Gasteiger partial charge in [0.05, 0.1) is 23.3 Å². The Balaban J connectivity index is 1.57. The first kappa shape index (κ1) is 21.5. The van der Waals surface area contributed by atoms with Crippen molar-refractivity contribution in [1.29, 1.82) is 0 Å². The van der Waals surface area contributed by atoms with Crippen molar-refractivity contribution in [2.24, 2.45) is 12.5 Å². The number of aromatic nitrogens is 4. The van der Waals surface area contributed by atoms with E-state index in [1.54, 1.807) is 30.8 Å². The Morgan fingerprint density at radius 2 is 1.97 bits per heavy atom. The number of hydrogen-bond donors (Lipinski definition) is 1. The molecule has 1 N–H and O–H groups in total. The minimum Gasteiger partial charge on any atom is -0.481 e. The van der Waals surface area contributed by atoms with Crippen molar-refractivity contribution in [3.63, 3.8) is 0 Å². The summed E-state index contributed by atoms with van der Waals surface area (Å²) in [4.78, 5) is 12.6. The number of fused-ring (bicyclic) bond motifs is 2. The molecule has 0 radical (unpaired) electrons. The van der Waals surface area contributed by atoms with Crippen LogP contribution < -0.4 is 0 Å². The zero-order chi connectivity index (χ0) is 23.5. The third-order valence-electron chi connectivity index (χ3n) is 6.50. The van der Waals surface area contributed by atoms with Crippen LogP contribution in [0.25, 0.3) is 11.8 Å². The molecule has 1 unspecified atom stereocenters. The van der Waals surface area contributed by atoms with Crippen molar-refractivity contribution in [2.45, 2.75) is 24.7 Å². The Labute approximate surface area is 189 Å². The maximum absolute atomic E-state index is 13.4. The average Bonchev–Trinajstić information content (AvgIpc) is 3.36. The third-order valence-corrected chi connectivity index (χ3v) is 8.30. The van der Waals surface area contributed by atoms with Gasteiger partial charge in [0, 0.05) is 31.9 Å². The van der Waals surface area contributed by atoms with Gasteiger partial charge in [-0.3, -0.25) is 9.48 Å². The zero-order valence-electron chi connectivity index (χ0n) is 18.1. The van der Waals surface area contributed by atoms with Crippen LogP contribution >= 0.6 is 0 Å². The van der Waals surface area contributed by atoms with Gasteiger partial charge in [0.2, 0.25) is 10.0 Å². The predicted molar refractivity (Wildman–Crippen MR) is 117 cm³/mol. The van der Waals surface area contributed by atoms with Gasteiger partial charge in [0.1, 0.15) is 16.1 Å². The van der Waals surface area contributed by atoms with E-state index >= 15 is 0 Å². The average molecular weight is 472 g/mol. The van der Waals surface area contributed by atoms with Crippen LogP contribution in [0.15, 0.2) is 47.1 Å². The van der Waals surface area contributed by atoms with E-state index in [1.807, 2.05) is 6.08 Å². The molecule has 2 aromatic heterocycles. The van der Waals surface area contributed by atoms with Gasteiger partial charge < -0.3 is 5.11 Å². The van der Waals surface area contributed by atoms with Gasteiger partial charge in [0.25, 0.3) is 0 Å². The summed E-state index contributed by atoms with van der Waals surface area (Å²) in [6.07, 6.45) is 4.88. The van der Waals surface area contributed by atoms with Crippen LogP contribution in [0.2, 0.25) is 0 Å². The maximum atomic E-state index is 13.4. The number of benzene rings is 1. The fraction of sp³-hybridized carbons (Fsp3) is 0.318. The number of aryl methyl sites for hydroxylation is 2. The lowest BCUT2D eigenvalue weighted by Crippen LogP contribution is -2.53. The van der Waals surface area contributed by atoms with Crippen molar-refractivity contribution in [1.82, 2.24) is 23.9 Å². The number of nitrogens with zero attached hydrogens (tertiary/aromatic N) is 5. The maximum Gasteiger partial charge on any atom is 0.315 e. The molecule has 0 spiro atoms. The van der Waals surface area contributed by atoms with E-state index in [2.05, 4.69) is 10.2 Å². The number of piperidine rings is 1. The molecule has 1 fully saturated rings. The lowest BCUT2D eigenvalue weighted by molar-refractivity contribution is -0.147. The Morgan fingerprint density at radius 1 is 1.24 bits per heavy atom. The largest absolute Gasteiger partial charge is 0.481 e. The van der Waals surface area contributed by atoms with Gasteiger partial charge in [0.15, 0.2) is 0 Å². The second-order valence-corrected chi connectivity index (χ2v) is 10.4. The number of hydrogen-bond acceptors (Lipinski definition) is 5. The fourth-order valence-corrected chi connectivity index (χ4v) is 6.19. The number of halogens is 1. The standard InChI is InChI=1S/C22H22FN5O4S/c1-14-19-10-22(21(29)30)13-27(33(31,32)18-11-24-26(2)12-18)8-7-15(22)9-20(19)28(25-14)17-5-3-16(23)4-6-17/h3-6,9,11-12H,7-8,10,13H2,1-2H3,(H,29,30). The first-order valence-electron chi connectivity index (χ1n) is 10.4. The summed E-state index contributed by atoms with van der Waals surface area (Å²) in [5, 5.41) is 18.8. The summed E-state index contributed by atoms with van der Waals surface area (Å²) < 4.78 is 44.1. The molecule has 1 aliphatic carbocycles. The van der Waals surface area contributed by atoms with Crippen molar-refractivity contribution >= 4 is 22.1 Å². The Bertz CT molecular complexity index is 1410. The van der Waals surface area contributed by atoms with Crippen LogP contribution in [0, 0.1) is 18.2 Å². The van der Waals surface area contributed by atoms with E-state index in [0.29, 0.717) is 17.0 Å². The number of carboxylic acids is 1. The minimum absolute atomic E-state index is 0.0368. The summed E-state index contributed by atoms with van der Waals surface area (Å²) in [6.45, 7) is 1.78. The summed E-state index contributed by atoms with van der Waals surface area (Å²) in [5.41, 5.74) is 2.07. The van der Waals surface area contributed by atoms with Crippen molar-refractivity contribution in [3.8, 4) is 5.69 Å². The van der Waals surface area contributed by atoms with E-state index in [0.717, 1.165) is 11.3 Å². The van der Waals surface area contributed by atoms with Crippen LogP contribution in [0.1, 0.15) is 23.4 Å². The van der Waals surface area contributed by atoms with Gasteiger partial charge in [-0.15, -0.1) is 0 Å². The molecule has 2 aliphatic rings. The van der Waals surface area contributed by atoms with Gasteiger partial charge in [-0.25, -0.2) is 17.5 Å². The van der Waals surface area contributed by atoms with Crippen molar-refractivity contribution in [2.75, 3.05) is 13.1 Å². The molecular formula is C22H22FN5O4S. The second-order valence-electron chi connectivity index (χ2n) is 8.51. The van der Waals surface area contributed by atoms with Crippen LogP contribution in [-0.2, 0) is 28.3 Å². The summed E-state index contributed by atoms with van der Waals surface area (Å²) >= 11 is 0. The highest BCUT2D eigenvalue weighted by molar-refractivity contribution is 7.89.